The Morgan fingerprint density at radius 2 is 0.231 bits per heavy atom. The molecule has 0 aliphatic carbocycles. The summed E-state index contributed by atoms with van der Waals surface area (Å²) in [5, 5.41) is 0. The molecule has 0 fully saturated rings. The van der Waals surface area contributed by atoms with Crippen LogP contribution in [0.25, 0.3) is 0 Å². The van der Waals surface area contributed by atoms with Crippen LogP contribution in [0.1, 0.15) is 0 Å². The molecule has 0 heterocycles. The molecule has 0 aromatic rings. The van der Waals surface area contributed by atoms with Crippen LogP contribution in [0.4, 0.5) is 0 Å². The van der Waals surface area contributed by atoms with Crippen molar-refractivity contribution in [1.82, 2.24) is 0 Å². The molecule has 0 bridgehead atoms. The first-order valence-electron chi connectivity index (χ1n) is 0. The third kappa shape index (κ3) is 218. The van der Waals surface area contributed by atoms with E-state index in [1.807, 2.05) is 0 Å². The second-order valence-corrected chi connectivity index (χ2v) is 0. The van der Waals surface area contributed by atoms with Crippen LogP contribution in [0.5, 0.6) is 0 Å². The van der Waals surface area contributed by atoms with E-state index in [2.05, 4.69) is 0 Å². The third-order valence-electron chi connectivity index (χ3n) is 0. The largest absolute Gasteiger partial charge is 6.00 e. The summed E-state index contributed by atoms with van der Waals surface area (Å²) in [6.45, 7) is 0. The van der Waals surface area contributed by atoms with Crippen LogP contribution in [0.15, 0.2) is 0 Å². The summed E-state index contributed by atoms with van der Waals surface area (Å²) >= 11 is 0. The number of hydrogen-bond donors (Lipinski definition) is 0. The van der Waals surface area contributed by atoms with Gasteiger partial charge in [0.2, 0.25) is 0 Å². The molecule has 13 heteroatoms. The summed E-state index contributed by atoms with van der Waals surface area (Å²) in [6, 6.07) is 0. The molecule has 0 unspecified atom stereocenters. The van der Waals surface area contributed by atoms with Gasteiger partial charge >= 0.3 is 122 Å². The Morgan fingerprint density at radius 1 is 0.231 bits per heavy atom. The first-order chi connectivity index (χ1) is 0. The van der Waals surface area contributed by atoms with E-state index >= 15 is 0 Å². The molecular formula is Gd2Mo2O9. The molecule has 0 amide bonds. The summed E-state index contributed by atoms with van der Waals surface area (Å²) in [6.07, 6.45) is 0. The minimum atomic E-state index is 0. The van der Waals surface area contributed by atoms with E-state index in [-0.39, 0.29) is 171 Å². The molecule has 0 rings (SSSR count). The molecule has 82 valence electrons. The van der Waals surface area contributed by atoms with Crippen LogP contribution in [0, 0.1) is 79.9 Å². The van der Waals surface area contributed by atoms with Gasteiger partial charge < -0.3 is 49.3 Å². The van der Waals surface area contributed by atoms with E-state index in [1.54, 1.807) is 0 Å². The van der Waals surface area contributed by atoms with Crippen LogP contribution in [0.2, 0.25) is 0 Å². The average molecular weight is 650 g/mol. The van der Waals surface area contributed by atoms with Crippen molar-refractivity contribution < 1.29 is 171 Å². The van der Waals surface area contributed by atoms with E-state index < -0.39 is 0 Å². The minimum absolute atomic E-state index is 0. The van der Waals surface area contributed by atoms with Gasteiger partial charge in [0.1, 0.15) is 0 Å². The molecule has 0 saturated heterocycles. The predicted molar refractivity (Wildman–Crippen MR) is 6.18 cm³/mol. The Balaban J connectivity index is 0. The van der Waals surface area contributed by atoms with Crippen molar-refractivity contribution in [1.29, 1.82) is 0 Å². The molecule has 0 aromatic carbocycles. The summed E-state index contributed by atoms with van der Waals surface area (Å²) in [5.41, 5.74) is 0. The number of hydrogen-bond acceptors (Lipinski definition) is 0. The van der Waals surface area contributed by atoms with E-state index in [0.29, 0.717) is 0 Å². The fraction of sp³-hybridized carbons (Fsp3) is 0. The van der Waals surface area contributed by atoms with Crippen LogP contribution in [-0.4, -0.2) is 0 Å². The Morgan fingerprint density at radius 3 is 0.231 bits per heavy atom. The average Bonchev–Trinajstić information content (AvgIpc) is 0. The van der Waals surface area contributed by atoms with Crippen molar-refractivity contribution in [3.8, 4) is 0 Å². The maximum atomic E-state index is 0. The number of rotatable bonds is 0. The van der Waals surface area contributed by atoms with Gasteiger partial charge in [-0.05, 0) is 0 Å². The molecule has 13 heavy (non-hydrogen) atoms. The summed E-state index contributed by atoms with van der Waals surface area (Å²) < 4.78 is 0. The molecule has 2 radical (unpaired) electrons. The zero-order valence-electron chi connectivity index (χ0n) is 5.20. The normalized spacial score (nSPS) is 0. The van der Waals surface area contributed by atoms with E-state index in [0.717, 1.165) is 0 Å². The van der Waals surface area contributed by atoms with Gasteiger partial charge in [-0.3, -0.25) is 0 Å². The van der Waals surface area contributed by atoms with Crippen molar-refractivity contribution >= 4 is 0 Å². The Bertz CT molecular complexity index is 15.6. The quantitative estimate of drug-likeness (QED) is 0.284. The Hall–Kier alpha value is 3.67. The fourth-order valence-electron chi connectivity index (χ4n) is 0. The molecule has 0 aromatic heterocycles. The van der Waals surface area contributed by atoms with E-state index in [1.165, 1.54) is 0 Å². The van der Waals surface area contributed by atoms with Crippen LogP contribution in [-0.2, 0) is 91.4 Å². The van der Waals surface area contributed by atoms with Crippen LogP contribution in [0.3, 0.4) is 0 Å². The van der Waals surface area contributed by atoms with Gasteiger partial charge in [0.05, 0.1) is 0 Å². The minimum Gasteiger partial charge on any atom is -2.00 e. The first-order valence-corrected chi connectivity index (χ1v) is 0. The predicted octanol–water partition coefficient (Wildman–Crippen LogP) is -1.07. The van der Waals surface area contributed by atoms with Crippen molar-refractivity contribution in [2.45, 2.75) is 0 Å². The van der Waals surface area contributed by atoms with Gasteiger partial charge in [-0.15, -0.1) is 0 Å². The van der Waals surface area contributed by atoms with Crippen LogP contribution < -0.4 is 0 Å². The van der Waals surface area contributed by atoms with Crippen molar-refractivity contribution in [2.75, 3.05) is 0 Å². The molecule has 9 nitrogen and oxygen atoms in total. The maximum absolute atomic E-state index is 0. The second-order valence-electron chi connectivity index (χ2n) is 0. The fourth-order valence-corrected chi connectivity index (χ4v) is 0. The summed E-state index contributed by atoms with van der Waals surface area (Å²) in [5.74, 6) is 0. The monoisotopic (exact) mass is 656 g/mol. The van der Waals surface area contributed by atoms with Gasteiger partial charge in [-0.1, -0.05) is 0 Å². The summed E-state index contributed by atoms with van der Waals surface area (Å²) in [4.78, 5) is 0. The zero-order chi connectivity index (χ0) is 0. The smallest absolute Gasteiger partial charge is 2.00 e. The molecule has 0 aliphatic heterocycles. The Kier molecular flexibility index (Phi) is 5870. The zero-order valence-corrected chi connectivity index (χ0v) is 13.7. The Labute approximate surface area is 168 Å². The van der Waals surface area contributed by atoms with Gasteiger partial charge in [-0.2, -0.15) is 0 Å². The molecule has 0 aliphatic rings. The van der Waals surface area contributed by atoms with Gasteiger partial charge in [0.25, 0.3) is 0 Å². The van der Waals surface area contributed by atoms with Crippen molar-refractivity contribution in [2.24, 2.45) is 0 Å². The molecule has 0 spiro atoms. The standard InChI is InChI=1S/2Gd.2Mo.9O/q2*+3;2*+6;9*-2. The first kappa shape index (κ1) is 304. The summed E-state index contributed by atoms with van der Waals surface area (Å²) in [7, 11) is 0. The van der Waals surface area contributed by atoms with E-state index in [4.69, 9.17) is 0 Å². The maximum Gasteiger partial charge on any atom is 6.00 e. The van der Waals surface area contributed by atoms with Gasteiger partial charge in [-0.25, -0.2) is 0 Å². The molecule has 0 N–H and O–H groups in total. The second kappa shape index (κ2) is 251. The third-order valence-corrected chi connectivity index (χ3v) is 0. The van der Waals surface area contributed by atoms with Gasteiger partial charge in [0, 0.05) is 0 Å². The van der Waals surface area contributed by atoms with E-state index in [9.17, 15) is 0 Å². The topological polar surface area (TPSA) is 256 Å². The SMILES string of the molecule is [Gd+3].[Gd+3].[Mo+6].[Mo+6].[O-2].[O-2].[O-2].[O-2].[O-2].[O-2].[O-2].[O-2].[O-2]. The van der Waals surface area contributed by atoms with Crippen molar-refractivity contribution in [3.63, 3.8) is 0 Å². The molecule has 0 atom stereocenters. The van der Waals surface area contributed by atoms with Crippen LogP contribution >= 0.6 is 0 Å². The van der Waals surface area contributed by atoms with Gasteiger partial charge in [0.15, 0.2) is 0 Å². The van der Waals surface area contributed by atoms with Crippen molar-refractivity contribution in [3.05, 3.63) is 0 Å². The molecule has 0 saturated carbocycles. The molecular weight excluding hydrogens is 650 g/mol.